The van der Waals surface area contributed by atoms with Crippen molar-refractivity contribution < 1.29 is 47.6 Å². The molecule has 5 atom stereocenters. The van der Waals surface area contributed by atoms with Gasteiger partial charge in [0.1, 0.15) is 0 Å². The summed E-state index contributed by atoms with van der Waals surface area (Å²) in [7, 11) is 1.15. The molecule has 0 aliphatic carbocycles. The van der Waals surface area contributed by atoms with Crippen LogP contribution in [-0.4, -0.2) is 68.3 Å². The molecule has 40 heavy (non-hydrogen) atoms. The highest BCUT2D eigenvalue weighted by molar-refractivity contribution is 5.80. The number of methoxy groups -OCH3 is 1. The molecule has 1 aromatic carbocycles. The number of carbonyl (C=O) groups excluding carboxylic acids is 4. The second kappa shape index (κ2) is 13.1. The molecule has 1 aliphatic rings. The molecule has 2 rings (SSSR count). The first-order valence-electron chi connectivity index (χ1n) is 13.4. The van der Waals surface area contributed by atoms with E-state index in [1.165, 1.54) is 0 Å². The van der Waals surface area contributed by atoms with E-state index in [-0.39, 0.29) is 6.61 Å². The van der Waals surface area contributed by atoms with Gasteiger partial charge < -0.3 is 28.4 Å². The van der Waals surface area contributed by atoms with Crippen molar-refractivity contribution in [1.82, 2.24) is 0 Å². The van der Waals surface area contributed by atoms with E-state index in [9.17, 15) is 19.2 Å². The number of hydrogen-bond acceptors (Lipinski definition) is 10. The summed E-state index contributed by atoms with van der Waals surface area (Å²) in [6, 6.07) is 9.53. The normalized spacial score (nSPS) is 23.6. The van der Waals surface area contributed by atoms with Gasteiger partial charge in [0, 0.05) is 0 Å². The molecule has 10 nitrogen and oxygen atoms in total. The highest BCUT2D eigenvalue weighted by Gasteiger charge is 2.57. The van der Waals surface area contributed by atoms with Crippen LogP contribution < -0.4 is 0 Å². The molecular formula is C30H44O10. The van der Waals surface area contributed by atoms with Crippen LogP contribution >= 0.6 is 0 Å². The van der Waals surface area contributed by atoms with Crippen LogP contribution in [0, 0.1) is 16.2 Å². The fraction of sp³-hybridized carbons (Fsp3) is 0.667. The molecule has 0 unspecified atom stereocenters. The topological polar surface area (TPSA) is 124 Å². The Morgan fingerprint density at radius 3 is 1.60 bits per heavy atom. The summed E-state index contributed by atoms with van der Waals surface area (Å²) in [5.74, 6) is -2.86. The molecule has 1 heterocycles. The fourth-order valence-electron chi connectivity index (χ4n) is 3.48. The van der Waals surface area contributed by atoms with Crippen LogP contribution in [0.5, 0.6) is 0 Å². The van der Waals surface area contributed by atoms with Gasteiger partial charge in [-0.1, -0.05) is 30.3 Å². The van der Waals surface area contributed by atoms with Gasteiger partial charge in [0.2, 0.25) is 0 Å². The third-order valence-corrected chi connectivity index (χ3v) is 6.01. The fourth-order valence-corrected chi connectivity index (χ4v) is 3.48. The lowest BCUT2D eigenvalue weighted by Gasteiger charge is -2.45. The Morgan fingerprint density at radius 1 is 0.700 bits per heavy atom. The third-order valence-electron chi connectivity index (χ3n) is 6.01. The molecule has 1 aromatic rings. The highest BCUT2D eigenvalue weighted by Crippen LogP contribution is 2.34. The van der Waals surface area contributed by atoms with Gasteiger partial charge in [-0.3, -0.25) is 14.4 Å². The minimum absolute atomic E-state index is 0.124. The Kier molecular flexibility index (Phi) is 10.9. The molecule has 1 saturated heterocycles. The van der Waals surface area contributed by atoms with Crippen molar-refractivity contribution in [2.75, 3.05) is 13.7 Å². The van der Waals surface area contributed by atoms with Crippen molar-refractivity contribution in [3.05, 3.63) is 35.9 Å². The van der Waals surface area contributed by atoms with Crippen LogP contribution in [0.3, 0.4) is 0 Å². The zero-order valence-corrected chi connectivity index (χ0v) is 25.3. The molecule has 0 amide bonds. The molecule has 0 spiro atoms. The first-order chi connectivity index (χ1) is 18.4. The second-order valence-electron chi connectivity index (χ2n) is 12.9. The molecule has 1 aliphatic heterocycles. The Balaban J connectivity index is 2.57. The van der Waals surface area contributed by atoms with E-state index in [2.05, 4.69) is 0 Å². The lowest BCUT2D eigenvalue weighted by Crippen LogP contribution is -2.65. The Hall–Kier alpha value is -2.98. The van der Waals surface area contributed by atoms with Gasteiger partial charge in [0.05, 0.1) is 30.0 Å². The SMILES string of the molecule is COC(=O)[C@H]1O[C@@H](OCCc2ccccc2)[C@H](OC(=O)C(C)(C)C)[C@@H](OC(=O)C(C)(C)C)[C@@H]1OC(=O)C(C)(C)C. The first kappa shape index (κ1) is 33.2. The van der Waals surface area contributed by atoms with Gasteiger partial charge in [-0.05, 0) is 74.3 Å². The largest absolute Gasteiger partial charge is 0.467 e. The molecule has 10 heteroatoms. The number of esters is 4. The summed E-state index contributed by atoms with van der Waals surface area (Å²) in [6.45, 7) is 14.9. The smallest absolute Gasteiger partial charge is 0.339 e. The van der Waals surface area contributed by atoms with E-state index in [1.807, 2.05) is 30.3 Å². The minimum atomic E-state index is -1.53. The van der Waals surface area contributed by atoms with Gasteiger partial charge in [-0.15, -0.1) is 0 Å². The number of benzene rings is 1. The van der Waals surface area contributed by atoms with Crippen molar-refractivity contribution in [3.8, 4) is 0 Å². The van der Waals surface area contributed by atoms with E-state index >= 15 is 0 Å². The predicted octanol–water partition coefficient (Wildman–Crippen LogP) is 4.02. The van der Waals surface area contributed by atoms with Gasteiger partial charge in [-0.25, -0.2) is 4.79 Å². The van der Waals surface area contributed by atoms with E-state index < -0.39 is 70.8 Å². The summed E-state index contributed by atoms with van der Waals surface area (Å²) in [5, 5.41) is 0. The quantitative estimate of drug-likeness (QED) is 0.338. The van der Waals surface area contributed by atoms with Crippen LogP contribution in [-0.2, 0) is 54.0 Å². The monoisotopic (exact) mass is 564 g/mol. The van der Waals surface area contributed by atoms with Crippen molar-refractivity contribution in [1.29, 1.82) is 0 Å². The molecule has 0 aromatic heterocycles. The zero-order chi connectivity index (χ0) is 30.5. The van der Waals surface area contributed by atoms with Gasteiger partial charge >= 0.3 is 23.9 Å². The van der Waals surface area contributed by atoms with Crippen LogP contribution in [0.15, 0.2) is 30.3 Å². The van der Waals surface area contributed by atoms with Crippen molar-refractivity contribution >= 4 is 23.9 Å². The van der Waals surface area contributed by atoms with E-state index in [0.29, 0.717) is 6.42 Å². The average Bonchev–Trinajstić information content (AvgIpc) is 2.84. The maximum atomic E-state index is 13.1. The van der Waals surface area contributed by atoms with Crippen molar-refractivity contribution in [2.24, 2.45) is 16.2 Å². The zero-order valence-electron chi connectivity index (χ0n) is 25.3. The standard InChI is InChI=1S/C30H44O10/c1-28(2,3)25(32)38-19-20(39-26(33)29(4,5)6)22(40-27(34)30(7,8)9)24(37-21(19)23(31)35-10)36-17-16-18-14-12-11-13-15-18/h11-15,19-22,24H,16-17H2,1-10H3/t19-,20-,21-,22+,24+/m0/s1. The van der Waals surface area contributed by atoms with Crippen LogP contribution in [0.4, 0.5) is 0 Å². The highest BCUT2D eigenvalue weighted by atomic mass is 16.7. The van der Waals surface area contributed by atoms with Gasteiger partial charge in [0.15, 0.2) is 30.7 Å². The molecule has 0 radical (unpaired) electrons. The van der Waals surface area contributed by atoms with E-state index in [1.54, 1.807) is 62.3 Å². The number of rotatable bonds is 8. The maximum absolute atomic E-state index is 13.1. The van der Waals surface area contributed by atoms with Crippen LogP contribution in [0.25, 0.3) is 0 Å². The minimum Gasteiger partial charge on any atom is -0.467 e. The summed E-state index contributed by atoms with van der Waals surface area (Å²) >= 11 is 0. The molecule has 0 saturated carbocycles. The number of hydrogen-bond donors (Lipinski definition) is 0. The average molecular weight is 565 g/mol. The van der Waals surface area contributed by atoms with Crippen LogP contribution in [0.1, 0.15) is 67.9 Å². The predicted molar refractivity (Wildman–Crippen MR) is 145 cm³/mol. The molecule has 0 bridgehead atoms. The molecular weight excluding hydrogens is 520 g/mol. The number of ether oxygens (including phenoxy) is 6. The third kappa shape index (κ3) is 9.02. The molecule has 224 valence electrons. The van der Waals surface area contributed by atoms with Crippen molar-refractivity contribution in [2.45, 2.75) is 99.4 Å². The van der Waals surface area contributed by atoms with Crippen molar-refractivity contribution in [3.63, 3.8) is 0 Å². The summed E-state index contributed by atoms with van der Waals surface area (Å²) < 4.78 is 34.4. The van der Waals surface area contributed by atoms with Gasteiger partial charge in [0.25, 0.3) is 0 Å². The number of carbonyl (C=O) groups is 4. The Morgan fingerprint density at radius 2 is 1.15 bits per heavy atom. The molecule has 1 fully saturated rings. The first-order valence-corrected chi connectivity index (χ1v) is 13.4. The molecule has 0 N–H and O–H groups in total. The summed E-state index contributed by atoms with van der Waals surface area (Å²) in [5.41, 5.74) is -1.90. The lowest BCUT2D eigenvalue weighted by atomic mass is 9.93. The van der Waals surface area contributed by atoms with Gasteiger partial charge in [-0.2, -0.15) is 0 Å². The Labute approximate surface area is 237 Å². The van der Waals surface area contributed by atoms with E-state index in [0.717, 1.165) is 12.7 Å². The van der Waals surface area contributed by atoms with Crippen LogP contribution in [0.2, 0.25) is 0 Å². The van der Waals surface area contributed by atoms with E-state index in [4.69, 9.17) is 28.4 Å². The Bertz CT molecular complexity index is 1030. The lowest BCUT2D eigenvalue weighted by molar-refractivity contribution is -0.305. The summed E-state index contributed by atoms with van der Waals surface area (Å²) in [4.78, 5) is 52.2. The second-order valence-corrected chi connectivity index (χ2v) is 12.9. The summed E-state index contributed by atoms with van der Waals surface area (Å²) in [6.07, 6.45) is -6.69. The maximum Gasteiger partial charge on any atom is 0.339 e.